The van der Waals surface area contributed by atoms with Crippen molar-refractivity contribution in [3.8, 4) is 0 Å². The van der Waals surface area contributed by atoms with Crippen LogP contribution in [0.4, 0.5) is 19.7 Å². The zero-order valence-electron chi connectivity index (χ0n) is 17.8. The van der Waals surface area contributed by atoms with Crippen LogP contribution < -0.4 is 11.1 Å². The number of carbonyl (C=O) groups is 1. The Kier molecular flexibility index (Phi) is 6.20. The monoisotopic (exact) mass is 497 g/mol. The number of nitrogens with one attached hydrogen (secondary N) is 1. The van der Waals surface area contributed by atoms with Crippen LogP contribution >= 0.6 is 11.3 Å². The SMILES string of the molecule is Cc1noc(C)c1S(=O)(=O)N1CCC(Nc2nc(N)c(C(=O)c3c(F)cccc3F)s2)CC1. The number of sulfonamides is 1. The van der Waals surface area contributed by atoms with E-state index in [1.807, 2.05) is 0 Å². The second kappa shape index (κ2) is 8.80. The van der Waals surface area contributed by atoms with Gasteiger partial charge in [-0.2, -0.15) is 4.31 Å². The van der Waals surface area contributed by atoms with E-state index < -0.39 is 33.0 Å². The number of halogens is 2. The van der Waals surface area contributed by atoms with E-state index in [4.69, 9.17) is 10.3 Å². The number of benzene rings is 1. The van der Waals surface area contributed by atoms with Gasteiger partial charge in [0, 0.05) is 19.1 Å². The van der Waals surface area contributed by atoms with Crippen molar-refractivity contribution in [1.82, 2.24) is 14.4 Å². The van der Waals surface area contributed by atoms with Crippen molar-refractivity contribution in [2.24, 2.45) is 0 Å². The maximum atomic E-state index is 14.0. The highest BCUT2D eigenvalue weighted by atomic mass is 32.2. The smallest absolute Gasteiger partial charge is 0.248 e. The first kappa shape index (κ1) is 23.3. The number of nitrogens with two attached hydrogens (primary N) is 1. The lowest BCUT2D eigenvalue weighted by molar-refractivity contribution is 0.103. The van der Waals surface area contributed by atoms with Crippen LogP contribution in [0.1, 0.15) is 39.5 Å². The molecule has 1 aliphatic heterocycles. The van der Waals surface area contributed by atoms with Crippen molar-refractivity contribution in [1.29, 1.82) is 0 Å². The van der Waals surface area contributed by atoms with Gasteiger partial charge in [-0.25, -0.2) is 22.2 Å². The maximum Gasteiger partial charge on any atom is 0.248 e. The summed E-state index contributed by atoms with van der Waals surface area (Å²) < 4.78 is 60.2. The largest absolute Gasteiger partial charge is 0.382 e. The summed E-state index contributed by atoms with van der Waals surface area (Å²) in [7, 11) is -3.73. The van der Waals surface area contributed by atoms with Crippen molar-refractivity contribution >= 4 is 38.1 Å². The summed E-state index contributed by atoms with van der Waals surface area (Å²) in [6, 6.07) is 3.04. The number of nitrogens with zero attached hydrogens (tertiary/aromatic N) is 3. The van der Waals surface area contributed by atoms with E-state index in [-0.39, 0.29) is 40.5 Å². The molecule has 1 aliphatic rings. The molecule has 0 amide bonds. The highest BCUT2D eigenvalue weighted by Gasteiger charge is 2.34. The fourth-order valence-corrected chi connectivity index (χ4v) is 6.44. The molecule has 2 aromatic heterocycles. The molecule has 33 heavy (non-hydrogen) atoms. The number of rotatable bonds is 6. The Morgan fingerprint density at radius 2 is 1.88 bits per heavy atom. The van der Waals surface area contributed by atoms with Gasteiger partial charge in [-0.3, -0.25) is 4.79 Å². The third kappa shape index (κ3) is 4.35. The molecular weight excluding hydrogens is 476 g/mol. The van der Waals surface area contributed by atoms with Gasteiger partial charge in [0.05, 0.1) is 5.56 Å². The van der Waals surface area contributed by atoms with E-state index in [1.54, 1.807) is 13.8 Å². The van der Waals surface area contributed by atoms with Crippen molar-refractivity contribution in [3.63, 3.8) is 0 Å². The fourth-order valence-electron chi connectivity index (χ4n) is 3.77. The standard InChI is InChI=1S/C20H21F2N5O4S2/c1-10-18(11(2)31-26-10)33(29,30)27-8-6-12(7-9-27)24-20-25-19(23)17(32-20)16(28)15-13(21)4-3-5-14(15)22/h3-5,12H,6-9,23H2,1-2H3,(H,24,25). The normalized spacial score (nSPS) is 15.6. The number of nitrogen functional groups attached to an aromatic ring is 1. The van der Waals surface area contributed by atoms with Crippen LogP contribution in [0.15, 0.2) is 27.6 Å². The third-order valence-corrected chi connectivity index (χ3v) is 8.54. The van der Waals surface area contributed by atoms with Crippen LogP contribution in [0.5, 0.6) is 0 Å². The Morgan fingerprint density at radius 1 is 1.24 bits per heavy atom. The molecule has 0 radical (unpaired) electrons. The van der Waals surface area contributed by atoms with Gasteiger partial charge in [-0.05, 0) is 38.8 Å². The van der Waals surface area contributed by atoms with Crippen molar-refractivity contribution in [3.05, 3.63) is 51.7 Å². The second-order valence-corrected chi connectivity index (χ2v) is 10.5. The molecule has 1 aromatic carbocycles. The molecule has 0 spiro atoms. The van der Waals surface area contributed by atoms with Crippen LogP contribution in [0, 0.1) is 25.5 Å². The number of hydrogen-bond donors (Lipinski definition) is 2. The predicted molar refractivity (Wildman–Crippen MR) is 118 cm³/mol. The number of piperidine rings is 1. The van der Waals surface area contributed by atoms with E-state index in [9.17, 15) is 22.0 Å². The van der Waals surface area contributed by atoms with Crippen LogP contribution in [0.25, 0.3) is 0 Å². The first-order chi connectivity index (χ1) is 15.6. The molecule has 0 saturated carbocycles. The molecule has 3 heterocycles. The van der Waals surface area contributed by atoms with Gasteiger partial charge in [0.1, 0.15) is 32.9 Å². The van der Waals surface area contributed by atoms with Crippen LogP contribution in [-0.4, -0.2) is 47.8 Å². The number of aromatic nitrogens is 2. The lowest BCUT2D eigenvalue weighted by Gasteiger charge is -2.31. The van der Waals surface area contributed by atoms with Crippen LogP contribution in [0.2, 0.25) is 0 Å². The highest BCUT2D eigenvalue weighted by molar-refractivity contribution is 7.89. The first-order valence-electron chi connectivity index (χ1n) is 10.0. The van der Waals surface area contributed by atoms with E-state index in [2.05, 4.69) is 15.5 Å². The molecule has 9 nitrogen and oxygen atoms in total. The summed E-state index contributed by atoms with van der Waals surface area (Å²) in [4.78, 5) is 16.8. The lowest BCUT2D eigenvalue weighted by Crippen LogP contribution is -2.42. The number of hydrogen-bond acceptors (Lipinski definition) is 9. The average Bonchev–Trinajstić information content (AvgIpc) is 3.29. The van der Waals surface area contributed by atoms with Crippen LogP contribution in [0.3, 0.4) is 0 Å². The van der Waals surface area contributed by atoms with E-state index >= 15 is 0 Å². The molecule has 0 atom stereocenters. The van der Waals surface area contributed by atoms with E-state index in [1.165, 1.54) is 10.4 Å². The number of ketones is 1. The number of thiazole rings is 1. The quantitative estimate of drug-likeness (QED) is 0.497. The fraction of sp³-hybridized carbons (Fsp3) is 0.350. The second-order valence-electron chi connectivity index (χ2n) is 7.64. The molecular formula is C20H21F2N5O4S2. The summed E-state index contributed by atoms with van der Waals surface area (Å²) in [6.07, 6.45) is 0.959. The van der Waals surface area contributed by atoms with Gasteiger partial charge >= 0.3 is 0 Å². The average molecular weight is 498 g/mol. The number of anilines is 2. The molecule has 1 saturated heterocycles. The van der Waals surface area contributed by atoms with Gasteiger partial charge in [-0.15, -0.1) is 0 Å². The maximum absolute atomic E-state index is 14.0. The molecule has 0 unspecified atom stereocenters. The zero-order chi connectivity index (χ0) is 23.9. The van der Waals surface area contributed by atoms with E-state index in [0.29, 0.717) is 23.7 Å². The Hall–Kier alpha value is -2.90. The van der Waals surface area contributed by atoms with Crippen molar-refractivity contribution in [2.45, 2.75) is 37.6 Å². The zero-order valence-corrected chi connectivity index (χ0v) is 19.4. The number of carbonyl (C=O) groups excluding carboxylic acids is 1. The Bertz CT molecular complexity index is 1270. The predicted octanol–water partition coefficient (Wildman–Crippen LogP) is 3.10. The van der Waals surface area contributed by atoms with Crippen molar-refractivity contribution in [2.75, 3.05) is 24.1 Å². The Balaban J connectivity index is 1.44. The minimum atomic E-state index is -3.73. The molecule has 3 aromatic rings. The van der Waals surface area contributed by atoms with Gasteiger partial charge in [-0.1, -0.05) is 22.6 Å². The summed E-state index contributed by atoms with van der Waals surface area (Å²) in [5.74, 6) is -2.72. The van der Waals surface area contributed by atoms with Gasteiger partial charge in [0.25, 0.3) is 0 Å². The highest BCUT2D eigenvalue weighted by Crippen LogP contribution is 2.31. The van der Waals surface area contributed by atoms with E-state index in [0.717, 1.165) is 23.5 Å². The van der Waals surface area contributed by atoms with Gasteiger partial charge in [0.15, 0.2) is 10.9 Å². The molecule has 0 bridgehead atoms. The summed E-state index contributed by atoms with van der Waals surface area (Å²) in [6.45, 7) is 3.66. The van der Waals surface area contributed by atoms with Crippen molar-refractivity contribution < 1.29 is 26.5 Å². The number of aryl methyl sites for hydroxylation is 2. The Labute approximate surface area is 192 Å². The summed E-state index contributed by atoms with van der Waals surface area (Å²) in [5, 5.41) is 7.18. The summed E-state index contributed by atoms with van der Waals surface area (Å²) >= 11 is 0.899. The molecule has 1 fully saturated rings. The van der Waals surface area contributed by atoms with Gasteiger partial charge < -0.3 is 15.6 Å². The molecule has 3 N–H and O–H groups in total. The summed E-state index contributed by atoms with van der Waals surface area (Å²) in [5.41, 5.74) is 5.47. The minimum Gasteiger partial charge on any atom is -0.382 e. The van der Waals surface area contributed by atoms with Gasteiger partial charge in [0.2, 0.25) is 15.8 Å². The van der Waals surface area contributed by atoms with Crippen LogP contribution in [-0.2, 0) is 10.0 Å². The first-order valence-corrected chi connectivity index (χ1v) is 12.3. The minimum absolute atomic E-state index is 0.0695. The third-order valence-electron chi connectivity index (χ3n) is 5.40. The molecule has 13 heteroatoms. The molecule has 176 valence electrons. The Morgan fingerprint density at radius 3 is 2.45 bits per heavy atom. The molecule has 4 rings (SSSR count). The topological polar surface area (TPSA) is 131 Å². The molecule has 0 aliphatic carbocycles. The lowest BCUT2D eigenvalue weighted by atomic mass is 10.1.